The number of ether oxygens (including phenoxy) is 2. The van der Waals surface area contributed by atoms with Crippen LogP contribution in [0.4, 0.5) is 0 Å². The van der Waals surface area contributed by atoms with Gasteiger partial charge in [-0.15, -0.1) is 0 Å². The second-order valence-electron chi connectivity index (χ2n) is 20.9. The SMILES string of the molecule is CC(C)[C@@H](C)[C@@]1(C)CC[C@]2(C)[C@H]3CC[C@@H]4[C@@]5(COC[C@@]4(C)[C@@H](OC[C@](C)(N)C(C)(C)C)[C@H](n4ncnc4-c4ccc(O)nc4)C5)C3=CC[C@@]2(C)[C@@H]1C(=O)O. The molecule has 0 aromatic carbocycles. The molecule has 4 fully saturated rings. The van der Waals surface area contributed by atoms with E-state index in [-0.39, 0.29) is 56.9 Å². The van der Waals surface area contributed by atoms with E-state index in [1.54, 1.807) is 18.6 Å². The van der Waals surface area contributed by atoms with Gasteiger partial charge in [0.1, 0.15) is 6.33 Å². The third-order valence-corrected chi connectivity index (χ3v) is 17.3. The number of pyridine rings is 1. The second kappa shape index (κ2) is 12.9. The molecule has 5 aliphatic rings. The Kier molecular flexibility index (Phi) is 9.38. The monoisotopic (exact) mass is 746 g/mol. The summed E-state index contributed by atoms with van der Waals surface area (Å²) in [6.45, 7) is 26.3. The number of nitrogens with zero attached hydrogens (tertiary/aromatic N) is 4. The molecular formula is C44H67N5O5. The first-order valence-corrected chi connectivity index (χ1v) is 20.5. The van der Waals surface area contributed by atoms with Crippen LogP contribution in [0.1, 0.15) is 121 Å². The topological polar surface area (TPSA) is 146 Å². The Morgan fingerprint density at radius 2 is 1.78 bits per heavy atom. The quantitative estimate of drug-likeness (QED) is 0.227. The van der Waals surface area contributed by atoms with Crippen LogP contribution < -0.4 is 5.73 Å². The Bertz CT molecular complexity index is 1780. The average Bonchev–Trinajstić information content (AvgIpc) is 3.57. The summed E-state index contributed by atoms with van der Waals surface area (Å²) in [5, 5.41) is 26.1. The predicted molar refractivity (Wildman–Crippen MR) is 209 cm³/mol. The first kappa shape index (κ1) is 39.4. The van der Waals surface area contributed by atoms with Gasteiger partial charge in [-0.05, 0) is 96.8 Å². The van der Waals surface area contributed by atoms with Gasteiger partial charge in [-0.1, -0.05) is 80.9 Å². The first-order valence-electron chi connectivity index (χ1n) is 20.5. The highest BCUT2D eigenvalue weighted by Gasteiger charge is 2.72. The minimum atomic E-state index is -0.641. The van der Waals surface area contributed by atoms with Crippen molar-refractivity contribution in [3.05, 3.63) is 36.3 Å². The largest absolute Gasteiger partial charge is 0.493 e. The second-order valence-corrected chi connectivity index (χ2v) is 20.9. The zero-order valence-electron chi connectivity index (χ0n) is 34.8. The van der Waals surface area contributed by atoms with Crippen molar-refractivity contribution in [1.82, 2.24) is 19.7 Å². The summed E-state index contributed by atoms with van der Waals surface area (Å²) >= 11 is 0. The summed E-state index contributed by atoms with van der Waals surface area (Å²) in [6, 6.07) is 3.23. The molecule has 0 amide bonds. The van der Waals surface area contributed by atoms with Crippen LogP contribution in [-0.2, 0) is 14.3 Å². The third kappa shape index (κ3) is 5.49. The fourth-order valence-electron chi connectivity index (χ4n) is 12.8. The van der Waals surface area contributed by atoms with Gasteiger partial charge in [0.15, 0.2) is 5.82 Å². The van der Waals surface area contributed by atoms with Crippen molar-refractivity contribution in [3.8, 4) is 17.3 Å². The molecule has 0 radical (unpaired) electrons. The molecular weight excluding hydrogens is 679 g/mol. The number of carboxylic acid groups (broad SMARTS) is 1. The smallest absolute Gasteiger partial charge is 0.307 e. The molecule has 12 atom stereocenters. The van der Waals surface area contributed by atoms with Crippen LogP contribution in [-0.4, -0.2) is 67.4 Å². The Labute approximate surface area is 323 Å². The van der Waals surface area contributed by atoms with Gasteiger partial charge < -0.3 is 25.4 Å². The van der Waals surface area contributed by atoms with Gasteiger partial charge >= 0.3 is 5.97 Å². The number of carboxylic acids is 1. The van der Waals surface area contributed by atoms with Crippen molar-refractivity contribution in [2.75, 3.05) is 19.8 Å². The minimum Gasteiger partial charge on any atom is -0.493 e. The molecule has 0 spiro atoms. The number of rotatable bonds is 8. The van der Waals surface area contributed by atoms with E-state index < -0.39 is 22.8 Å². The normalized spacial score (nSPS) is 40.8. The minimum absolute atomic E-state index is 0.0427. The van der Waals surface area contributed by atoms with Gasteiger partial charge in [-0.25, -0.2) is 14.6 Å². The summed E-state index contributed by atoms with van der Waals surface area (Å²) in [5.41, 5.74) is 6.97. The van der Waals surface area contributed by atoms with E-state index in [0.29, 0.717) is 37.5 Å². The van der Waals surface area contributed by atoms with Crippen LogP contribution in [0.2, 0.25) is 0 Å². The van der Waals surface area contributed by atoms with Crippen LogP contribution in [0.5, 0.6) is 5.88 Å². The summed E-state index contributed by atoms with van der Waals surface area (Å²) < 4.78 is 16.0. The Balaban J connectivity index is 1.35. The molecule has 2 bridgehead atoms. The van der Waals surface area contributed by atoms with Gasteiger partial charge in [-0.3, -0.25) is 4.79 Å². The highest BCUT2D eigenvalue weighted by atomic mass is 16.5. The van der Waals surface area contributed by atoms with Crippen molar-refractivity contribution in [2.24, 2.45) is 67.8 Å². The van der Waals surface area contributed by atoms with Gasteiger partial charge in [0, 0.05) is 34.2 Å². The van der Waals surface area contributed by atoms with E-state index in [0.717, 1.165) is 44.1 Å². The van der Waals surface area contributed by atoms with Crippen LogP contribution in [0.25, 0.3) is 11.4 Å². The highest BCUT2D eigenvalue weighted by Crippen LogP contribution is 2.75. The molecule has 4 N–H and O–H groups in total. The molecule has 10 nitrogen and oxygen atoms in total. The van der Waals surface area contributed by atoms with Crippen molar-refractivity contribution < 1.29 is 24.5 Å². The van der Waals surface area contributed by atoms with Crippen molar-refractivity contribution in [3.63, 3.8) is 0 Å². The fraction of sp³-hybridized carbons (Fsp3) is 0.773. The van der Waals surface area contributed by atoms with Crippen LogP contribution >= 0.6 is 0 Å². The van der Waals surface area contributed by atoms with Crippen LogP contribution in [0, 0.1) is 62.1 Å². The maximum Gasteiger partial charge on any atom is 0.307 e. The van der Waals surface area contributed by atoms with Gasteiger partial charge in [0.05, 0.1) is 37.9 Å². The lowest BCUT2D eigenvalue weighted by atomic mass is 9.34. The Morgan fingerprint density at radius 1 is 1.06 bits per heavy atom. The van der Waals surface area contributed by atoms with Gasteiger partial charge in [-0.2, -0.15) is 5.10 Å². The maximum atomic E-state index is 13.6. The van der Waals surface area contributed by atoms with E-state index in [9.17, 15) is 15.0 Å². The van der Waals surface area contributed by atoms with E-state index in [1.165, 1.54) is 5.57 Å². The van der Waals surface area contributed by atoms with E-state index in [4.69, 9.17) is 25.3 Å². The number of hydrogen-bond acceptors (Lipinski definition) is 8. The molecule has 0 unspecified atom stereocenters. The molecule has 4 aliphatic carbocycles. The zero-order chi connectivity index (χ0) is 39.4. The molecule has 3 heterocycles. The molecule has 3 saturated carbocycles. The number of aromatic hydroxyl groups is 1. The summed E-state index contributed by atoms with van der Waals surface area (Å²) in [4.78, 5) is 22.5. The van der Waals surface area contributed by atoms with E-state index in [2.05, 4.69) is 87.2 Å². The average molecular weight is 746 g/mol. The summed E-state index contributed by atoms with van der Waals surface area (Å²) in [5.74, 6) is 0.811. The van der Waals surface area contributed by atoms with Crippen molar-refractivity contribution in [2.45, 2.75) is 132 Å². The molecule has 2 aromatic rings. The highest BCUT2D eigenvalue weighted by molar-refractivity contribution is 5.73. The summed E-state index contributed by atoms with van der Waals surface area (Å²) in [6.07, 6.45) is 11.0. The molecule has 1 saturated heterocycles. The van der Waals surface area contributed by atoms with Crippen molar-refractivity contribution >= 4 is 5.97 Å². The van der Waals surface area contributed by atoms with E-state index in [1.807, 2.05) is 10.7 Å². The van der Waals surface area contributed by atoms with Crippen LogP contribution in [0.15, 0.2) is 36.3 Å². The molecule has 2 aromatic heterocycles. The number of aromatic nitrogens is 4. The first-order chi connectivity index (χ1) is 25.1. The fourth-order valence-corrected chi connectivity index (χ4v) is 12.8. The maximum absolute atomic E-state index is 13.6. The lowest BCUT2D eigenvalue weighted by Gasteiger charge is -2.71. The molecule has 10 heteroatoms. The predicted octanol–water partition coefficient (Wildman–Crippen LogP) is 8.32. The number of allylic oxidation sites excluding steroid dienone is 1. The van der Waals surface area contributed by atoms with Crippen LogP contribution in [0.3, 0.4) is 0 Å². The lowest BCUT2D eigenvalue weighted by Crippen LogP contribution is -2.69. The number of aliphatic carboxylic acids is 1. The molecule has 54 heavy (non-hydrogen) atoms. The number of nitrogens with two attached hydrogens (primary N) is 1. The number of fused-ring (bicyclic) bond motifs is 3. The van der Waals surface area contributed by atoms with Gasteiger partial charge in [0.2, 0.25) is 5.88 Å². The Hall–Kier alpha value is -2.82. The lowest BCUT2D eigenvalue weighted by molar-refractivity contribution is -0.253. The molecule has 1 aliphatic heterocycles. The van der Waals surface area contributed by atoms with Crippen molar-refractivity contribution in [1.29, 1.82) is 0 Å². The molecule has 7 rings (SSSR count). The number of carbonyl (C=O) groups is 1. The van der Waals surface area contributed by atoms with Gasteiger partial charge in [0.25, 0.3) is 0 Å². The Morgan fingerprint density at radius 3 is 2.41 bits per heavy atom. The molecule has 298 valence electrons. The summed E-state index contributed by atoms with van der Waals surface area (Å²) in [7, 11) is 0. The number of hydrogen-bond donors (Lipinski definition) is 3. The standard InChI is InChI=1S/C44H67N5O5/c1-26(2)27(3)39(7)18-19-41(9)29-13-14-32-40(8)22-53-24-44(32,30(29)16-17-42(41,10)34(39)37(51)52)20-31(35(40)54-23-43(11,45)38(4,5)6)49-36(47-25-48-49)28-12-15-33(50)46-21-28/h12,15-16,21,25-27,29,31-32,34-35H,13-14,17-20,22-24,45H2,1-11H3,(H,46,50)(H,51,52)/t27-,29+,31-,32+,34-,35+,39-,40-,41-,42+,43+,44+/m1/s1. The zero-order valence-corrected chi connectivity index (χ0v) is 34.8. The van der Waals surface area contributed by atoms with E-state index >= 15 is 0 Å². The third-order valence-electron chi connectivity index (χ3n) is 17.3.